The lowest BCUT2D eigenvalue weighted by molar-refractivity contribution is -0.727. The van der Waals surface area contributed by atoms with Gasteiger partial charge in [-0.1, -0.05) is 13.8 Å². The third kappa shape index (κ3) is 10.6. The van der Waals surface area contributed by atoms with E-state index in [1.807, 2.05) is 27.7 Å². The van der Waals surface area contributed by atoms with Gasteiger partial charge >= 0.3 is 22.2 Å². The Morgan fingerprint density at radius 2 is 1.84 bits per heavy atom. The van der Waals surface area contributed by atoms with Gasteiger partial charge in [-0.3, -0.25) is 9.59 Å². The van der Waals surface area contributed by atoms with Crippen molar-refractivity contribution in [3.8, 4) is 0 Å². The summed E-state index contributed by atoms with van der Waals surface area (Å²) in [6.45, 7) is 8.93. The van der Waals surface area contributed by atoms with Crippen LogP contribution in [0.25, 0.3) is 0 Å². The van der Waals surface area contributed by atoms with Gasteiger partial charge in [-0.05, 0) is 38.2 Å². The average Bonchev–Trinajstić information content (AvgIpc) is 2.69. The van der Waals surface area contributed by atoms with Gasteiger partial charge in [-0.25, -0.2) is 4.79 Å². The Kier molecular flexibility index (Phi) is 11.1. The van der Waals surface area contributed by atoms with E-state index in [0.717, 1.165) is 6.26 Å². The van der Waals surface area contributed by atoms with Crippen LogP contribution in [-0.4, -0.2) is 57.2 Å². The normalized spacial score (nSPS) is 12.2. The van der Waals surface area contributed by atoms with Gasteiger partial charge in [0, 0.05) is 25.7 Å². The Balaban J connectivity index is 2.62. The van der Waals surface area contributed by atoms with Gasteiger partial charge in [-0.15, -0.1) is 0 Å². The first-order valence-corrected chi connectivity index (χ1v) is 12.4. The van der Waals surface area contributed by atoms with Crippen LogP contribution < -0.4 is 9.88 Å². The number of nitrogens with one attached hydrogen (secondary N) is 1. The fraction of sp³-hybridized carbons (Fsp3) is 0.619. The first-order chi connectivity index (χ1) is 14.9. The molecule has 11 heteroatoms. The molecule has 1 heterocycles. The molecule has 1 atom stereocenters. The molecule has 10 nitrogen and oxygen atoms in total. The van der Waals surface area contributed by atoms with Gasteiger partial charge in [-0.2, -0.15) is 13.0 Å². The second kappa shape index (κ2) is 13.0. The van der Waals surface area contributed by atoms with E-state index in [1.165, 1.54) is 0 Å². The zero-order valence-corrected chi connectivity index (χ0v) is 20.2. The maximum Gasteiger partial charge on any atom is 0.412 e. The van der Waals surface area contributed by atoms with Crippen LogP contribution in [0.1, 0.15) is 50.9 Å². The highest BCUT2D eigenvalue weighted by Gasteiger charge is 2.21. The summed E-state index contributed by atoms with van der Waals surface area (Å²) < 4.78 is 33.4. The minimum absolute atomic E-state index is 0.101. The monoisotopic (exact) mass is 472 g/mol. The summed E-state index contributed by atoms with van der Waals surface area (Å²) in [5, 5.41) is 2.59. The number of aromatic nitrogens is 1. The molecule has 0 radical (unpaired) electrons. The lowest BCUT2D eigenvalue weighted by atomic mass is 9.94. The number of hydrogen-bond acceptors (Lipinski definition) is 7. The molecule has 0 saturated carbocycles. The van der Waals surface area contributed by atoms with E-state index in [-0.39, 0.29) is 37.4 Å². The number of carbonyl (C=O) groups excluding carboxylic acids is 3. The Bertz CT molecular complexity index is 883. The number of ether oxygens (including phenoxy) is 1. The highest BCUT2D eigenvalue weighted by atomic mass is 32.2. The van der Waals surface area contributed by atoms with Crippen molar-refractivity contribution in [2.24, 2.45) is 11.8 Å². The molecule has 1 rings (SSSR count). The van der Waals surface area contributed by atoms with Gasteiger partial charge in [0.2, 0.25) is 0 Å². The molecule has 32 heavy (non-hydrogen) atoms. The zero-order valence-electron chi connectivity index (χ0n) is 19.4. The van der Waals surface area contributed by atoms with Crippen molar-refractivity contribution < 1.29 is 36.3 Å². The number of rotatable bonds is 12. The van der Waals surface area contributed by atoms with E-state index >= 15 is 0 Å². The highest BCUT2D eigenvalue weighted by molar-refractivity contribution is 7.86. The van der Waals surface area contributed by atoms with Crippen LogP contribution in [0.5, 0.6) is 0 Å². The van der Waals surface area contributed by atoms with Gasteiger partial charge in [0.1, 0.15) is 5.56 Å². The Morgan fingerprint density at radius 1 is 1.19 bits per heavy atom. The molecule has 0 fully saturated rings. The lowest BCUT2D eigenvalue weighted by Gasteiger charge is -2.18. The van der Waals surface area contributed by atoms with Crippen LogP contribution in [0.3, 0.4) is 0 Å². The van der Waals surface area contributed by atoms with E-state index < -0.39 is 22.2 Å². The number of hydrogen-bond donors (Lipinski definition) is 1. The third-order valence-electron chi connectivity index (χ3n) is 4.54. The fourth-order valence-electron chi connectivity index (χ4n) is 3.18. The first-order valence-electron chi connectivity index (χ1n) is 10.6. The summed E-state index contributed by atoms with van der Waals surface area (Å²) in [4.78, 5) is 38.1. The molecular formula is C21H34N3O7S+. The second-order valence-corrected chi connectivity index (χ2v) is 9.46. The van der Waals surface area contributed by atoms with Crippen molar-refractivity contribution in [3.05, 3.63) is 30.1 Å². The number of alkyl carbamates (subject to hydrolysis) is 1. The molecule has 1 unspecified atom stereocenters. The maximum atomic E-state index is 12.5. The number of carbonyl (C=O) groups is 3. The molecule has 0 aliphatic carbocycles. The van der Waals surface area contributed by atoms with Crippen molar-refractivity contribution in [1.29, 1.82) is 0 Å². The van der Waals surface area contributed by atoms with Gasteiger partial charge in [0.15, 0.2) is 12.4 Å². The molecule has 0 bridgehead atoms. The van der Waals surface area contributed by atoms with Crippen LogP contribution in [0.4, 0.5) is 4.79 Å². The van der Waals surface area contributed by atoms with E-state index in [9.17, 15) is 22.8 Å². The van der Waals surface area contributed by atoms with Gasteiger partial charge in [0.25, 0.3) is 12.6 Å². The quantitative estimate of drug-likeness (QED) is 0.363. The summed E-state index contributed by atoms with van der Waals surface area (Å²) in [5.74, 6) is -1.05. The van der Waals surface area contributed by atoms with Crippen molar-refractivity contribution >= 4 is 28.1 Å². The number of nitrogens with zero attached hydrogens (tertiary/aromatic N) is 2. The molecule has 1 N–H and O–H groups in total. The smallest absolute Gasteiger partial charge is 0.388 e. The minimum Gasteiger partial charge on any atom is -0.388 e. The van der Waals surface area contributed by atoms with Crippen LogP contribution in [0.2, 0.25) is 0 Å². The molecule has 1 aromatic heterocycles. The van der Waals surface area contributed by atoms with Gasteiger partial charge in [0.05, 0.1) is 12.7 Å². The highest BCUT2D eigenvalue weighted by Crippen LogP contribution is 2.16. The summed E-state index contributed by atoms with van der Waals surface area (Å²) in [6.07, 6.45) is 3.84. The molecule has 2 amide bonds. The van der Waals surface area contributed by atoms with E-state index in [1.54, 1.807) is 34.0 Å². The Morgan fingerprint density at radius 3 is 2.41 bits per heavy atom. The molecular weight excluding hydrogens is 438 g/mol. The fourth-order valence-corrected chi connectivity index (χ4v) is 3.58. The largest absolute Gasteiger partial charge is 0.412 e. The minimum atomic E-state index is -3.88. The maximum absolute atomic E-state index is 12.5. The lowest BCUT2D eigenvalue weighted by Crippen LogP contribution is -2.40. The van der Waals surface area contributed by atoms with E-state index in [2.05, 4.69) is 9.50 Å². The summed E-state index contributed by atoms with van der Waals surface area (Å²) in [5.41, 5.74) is 0.488. The Labute approximate surface area is 190 Å². The van der Waals surface area contributed by atoms with E-state index in [4.69, 9.17) is 4.74 Å². The van der Waals surface area contributed by atoms with Crippen LogP contribution in [-0.2, 0) is 30.6 Å². The van der Waals surface area contributed by atoms with E-state index in [0.29, 0.717) is 25.1 Å². The second-order valence-electron chi connectivity index (χ2n) is 7.89. The summed E-state index contributed by atoms with van der Waals surface area (Å²) >= 11 is 0. The number of amides is 2. The van der Waals surface area contributed by atoms with Crippen LogP contribution in [0.15, 0.2) is 24.5 Å². The molecule has 1 aromatic rings. The zero-order chi connectivity index (χ0) is 24.3. The predicted molar refractivity (Wildman–Crippen MR) is 117 cm³/mol. The third-order valence-corrected chi connectivity index (χ3v) is 5.03. The van der Waals surface area contributed by atoms with Crippen LogP contribution >= 0.6 is 0 Å². The van der Waals surface area contributed by atoms with Crippen molar-refractivity contribution in [3.63, 3.8) is 0 Å². The number of pyridine rings is 1. The average molecular weight is 473 g/mol. The molecule has 0 aliphatic heterocycles. The van der Waals surface area contributed by atoms with Gasteiger partial charge < -0.3 is 19.1 Å². The molecule has 0 saturated heterocycles. The Hall–Kier alpha value is -2.69. The molecule has 0 aliphatic rings. The first kappa shape index (κ1) is 27.3. The SMILES string of the molecule is CCN(CC)C(=O)c1ccc[n+](COC(=O)NCC(CC(=O)OS(C)(=O)=O)CC(C)C)c1. The molecule has 0 aromatic carbocycles. The molecule has 0 spiro atoms. The molecule has 180 valence electrons. The van der Waals surface area contributed by atoms with Crippen LogP contribution in [0, 0.1) is 11.8 Å². The van der Waals surface area contributed by atoms with Crippen molar-refractivity contribution in [2.75, 3.05) is 25.9 Å². The topological polar surface area (TPSA) is 123 Å². The summed E-state index contributed by atoms with van der Waals surface area (Å²) in [7, 11) is -3.88. The predicted octanol–water partition coefficient (Wildman–Crippen LogP) is 1.70. The standard InChI is InChI=1S/C21H33N3O7S/c1-6-24(7-2)20(26)18-9-8-10-23(14-18)15-30-21(27)22-13-17(11-16(3)4)12-19(25)31-32(5,28)29/h8-10,14,16-17H,6-7,11-13,15H2,1-5H3/p+1. The van der Waals surface area contributed by atoms with Crippen molar-refractivity contribution in [2.45, 2.75) is 47.3 Å². The van der Waals surface area contributed by atoms with Crippen molar-refractivity contribution in [1.82, 2.24) is 10.2 Å². The summed E-state index contributed by atoms with van der Waals surface area (Å²) in [6, 6.07) is 3.40.